The number of hydrogen-bond acceptors (Lipinski definition) is 6. The molecular formula is C27H32N4O5S. The van der Waals surface area contributed by atoms with Gasteiger partial charge in [-0.15, -0.1) is 0 Å². The van der Waals surface area contributed by atoms with Crippen molar-refractivity contribution < 1.29 is 22.7 Å². The molecule has 10 heteroatoms. The van der Waals surface area contributed by atoms with Crippen LogP contribution in [0.25, 0.3) is 5.65 Å². The van der Waals surface area contributed by atoms with Crippen LogP contribution in [-0.2, 0) is 21.2 Å². The zero-order valence-corrected chi connectivity index (χ0v) is 22.1. The van der Waals surface area contributed by atoms with E-state index in [1.807, 2.05) is 31.2 Å². The minimum absolute atomic E-state index is 0.0244. The Balaban J connectivity index is 1.16. The summed E-state index contributed by atoms with van der Waals surface area (Å²) < 4.78 is 35.4. The molecule has 3 aromatic rings. The Morgan fingerprint density at radius 3 is 2.32 bits per heavy atom. The molecule has 4 heterocycles. The van der Waals surface area contributed by atoms with Gasteiger partial charge in [0.15, 0.2) is 5.78 Å². The van der Waals surface area contributed by atoms with E-state index in [9.17, 15) is 18.0 Å². The summed E-state index contributed by atoms with van der Waals surface area (Å²) in [5.74, 6) is 0.236. The lowest BCUT2D eigenvalue weighted by Crippen LogP contribution is -2.38. The monoisotopic (exact) mass is 524 g/mol. The predicted molar refractivity (Wildman–Crippen MR) is 138 cm³/mol. The van der Waals surface area contributed by atoms with Gasteiger partial charge in [0.1, 0.15) is 11.2 Å². The Kier molecular flexibility index (Phi) is 6.57. The van der Waals surface area contributed by atoms with Crippen molar-refractivity contribution in [3.05, 3.63) is 66.1 Å². The van der Waals surface area contributed by atoms with E-state index in [0.29, 0.717) is 44.6 Å². The lowest BCUT2D eigenvalue weighted by molar-refractivity contribution is 0.0278. The second-order valence-electron chi connectivity index (χ2n) is 10.9. The van der Waals surface area contributed by atoms with Gasteiger partial charge in [-0.05, 0) is 68.9 Å². The third kappa shape index (κ3) is 5.40. The summed E-state index contributed by atoms with van der Waals surface area (Å²) in [6, 6.07) is 10.4. The molecule has 196 valence electrons. The molecule has 37 heavy (non-hydrogen) atoms. The highest BCUT2D eigenvalue weighted by Crippen LogP contribution is 2.35. The van der Waals surface area contributed by atoms with Crippen molar-refractivity contribution in [1.29, 1.82) is 0 Å². The first kappa shape index (κ1) is 25.4. The average Bonchev–Trinajstić information content (AvgIpc) is 3.56. The van der Waals surface area contributed by atoms with E-state index in [1.54, 1.807) is 53.8 Å². The molecule has 2 unspecified atom stereocenters. The van der Waals surface area contributed by atoms with Gasteiger partial charge >= 0.3 is 6.09 Å². The van der Waals surface area contributed by atoms with Crippen LogP contribution in [0.15, 0.2) is 59.9 Å². The zero-order valence-electron chi connectivity index (χ0n) is 21.3. The second-order valence-corrected chi connectivity index (χ2v) is 12.8. The number of benzene rings is 1. The highest BCUT2D eigenvalue weighted by Gasteiger charge is 2.46. The Hall–Kier alpha value is -3.24. The van der Waals surface area contributed by atoms with Crippen molar-refractivity contribution in [1.82, 2.24) is 18.6 Å². The summed E-state index contributed by atoms with van der Waals surface area (Å²) in [5.41, 5.74) is 1.76. The van der Waals surface area contributed by atoms with Gasteiger partial charge in [-0.3, -0.25) is 4.79 Å². The fraction of sp³-hybridized carbons (Fsp3) is 0.444. The third-order valence-electron chi connectivity index (χ3n) is 7.02. The van der Waals surface area contributed by atoms with Crippen molar-refractivity contribution in [2.75, 3.05) is 26.2 Å². The SMILES string of the molecule is CC(C)(C)OC(=O)N1CC2CN(S(=O)(=O)c3ccc(CCC(=O)c4ccc5nccn5c4)cc3)CC2C1. The molecule has 9 nitrogen and oxygen atoms in total. The first-order valence-corrected chi connectivity index (χ1v) is 14.0. The molecule has 5 rings (SSSR count). The van der Waals surface area contributed by atoms with Crippen molar-refractivity contribution in [3.63, 3.8) is 0 Å². The Bertz CT molecular complexity index is 1410. The number of aromatic nitrogens is 2. The molecule has 2 aliphatic rings. The van der Waals surface area contributed by atoms with Crippen LogP contribution in [0.3, 0.4) is 0 Å². The predicted octanol–water partition coefficient (Wildman–Crippen LogP) is 3.64. The minimum Gasteiger partial charge on any atom is -0.444 e. The molecule has 2 fully saturated rings. The number of imidazole rings is 1. The number of carbonyl (C=O) groups is 2. The molecule has 0 saturated carbocycles. The average molecular weight is 525 g/mol. The van der Waals surface area contributed by atoms with Crippen molar-refractivity contribution in [2.45, 2.75) is 44.1 Å². The molecule has 0 bridgehead atoms. The number of fused-ring (bicyclic) bond motifs is 2. The van der Waals surface area contributed by atoms with E-state index >= 15 is 0 Å². The van der Waals surface area contributed by atoms with Crippen LogP contribution >= 0.6 is 0 Å². The lowest BCUT2D eigenvalue weighted by atomic mass is 10.0. The molecule has 0 N–H and O–H groups in total. The van der Waals surface area contributed by atoms with Gasteiger partial charge in [-0.2, -0.15) is 4.31 Å². The summed E-state index contributed by atoms with van der Waals surface area (Å²) in [6.07, 6.45) is 5.78. The first-order chi connectivity index (χ1) is 17.5. The largest absolute Gasteiger partial charge is 0.444 e. The number of Topliss-reactive ketones (excluding diaryl/α,β-unsaturated/α-hetero) is 1. The van der Waals surface area contributed by atoms with Gasteiger partial charge in [0.2, 0.25) is 10.0 Å². The van der Waals surface area contributed by atoms with E-state index in [4.69, 9.17) is 4.74 Å². The van der Waals surface area contributed by atoms with Crippen LogP contribution in [0.1, 0.15) is 43.1 Å². The maximum Gasteiger partial charge on any atom is 0.410 e. The molecule has 2 aliphatic heterocycles. The number of hydrogen-bond donors (Lipinski definition) is 0. The normalized spacial score (nSPS) is 20.4. The summed E-state index contributed by atoms with van der Waals surface area (Å²) in [7, 11) is -3.63. The van der Waals surface area contributed by atoms with Gasteiger partial charge < -0.3 is 14.0 Å². The number of nitrogens with zero attached hydrogens (tertiary/aromatic N) is 4. The number of ketones is 1. The third-order valence-corrected chi connectivity index (χ3v) is 8.86. The molecule has 2 saturated heterocycles. The molecule has 1 aromatic carbocycles. The van der Waals surface area contributed by atoms with E-state index < -0.39 is 15.6 Å². The summed E-state index contributed by atoms with van der Waals surface area (Å²) in [6.45, 7) is 7.30. The Labute approximate surface area is 217 Å². The number of pyridine rings is 1. The Morgan fingerprint density at radius 1 is 1.00 bits per heavy atom. The van der Waals surface area contributed by atoms with Crippen molar-refractivity contribution >= 4 is 27.5 Å². The zero-order chi connectivity index (χ0) is 26.4. The van der Waals surface area contributed by atoms with E-state index in [0.717, 1.165) is 11.2 Å². The van der Waals surface area contributed by atoms with Gasteiger partial charge in [0, 0.05) is 56.8 Å². The van der Waals surface area contributed by atoms with Crippen LogP contribution in [0.4, 0.5) is 4.79 Å². The second kappa shape index (κ2) is 9.57. The fourth-order valence-electron chi connectivity index (χ4n) is 5.09. The van der Waals surface area contributed by atoms with E-state index in [-0.39, 0.29) is 28.6 Å². The Morgan fingerprint density at radius 2 is 1.68 bits per heavy atom. The quantitative estimate of drug-likeness (QED) is 0.457. The molecule has 2 atom stereocenters. The molecule has 0 aliphatic carbocycles. The number of sulfonamides is 1. The molecule has 0 radical (unpaired) electrons. The number of ether oxygens (including phenoxy) is 1. The van der Waals surface area contributed by atoms with Crippen molar-refractivity contribution in [3.8, 4) is 0 Å². The van der Waals surface area contributed by atoms with Gasteiger partial charge in [0.05, 0.1) is 4.90 Å². The number of carbonyl (C=O) groups excluding carboxylic acids is 2. The van der Waals surface area contributed by atoms with Gasteiger partial charge in [0.25, 0.3) is 0 Å². The summed E-state index contributed by atoms with van der Waals surface area (Å²) in [5, 5.41) is 0. The smallest absolute Gasteiger partial charge is 0.410 e. The lowest BCUT2D eigenvalue weighted by Gasteiger charge is -2.26. The summed E-state index contributed by atoms with van der Waals surface area (Å²) >= 11 is 0. The minimum atomic E-state index is -3.63. The first-order valence-electron chi connectivity index (χ1n) is 12.5. The highest BCUT2D eigenvalue weighted by molar-refractivity contribution is 7.89. The fourth-order valence-corrected chi connectivity index (χ4v) is 6.64. The van der Waals surface area contributed by atoms with Crippen LogP contribution in [0.5, 0.6) is 0 Å². The standard InChI is InChI=1S/C27H32N4O5S/c1-27(2,3)36-26(33)30-15-21-17-31(18-22(21)16-30)37(34,35)23-8-4-19(5-9-23)6-10-24(32)20-7-11-25-28-12-13-29(25)14-20/h4-5,7-9,11-14,21-22H,6,10,15-18H2,1-3H3. The number of aryl methyl sites for hydroxylation is 1. The van der Waals surface area contributed by atoms with Crippen LogP contribution in [-0.4, -0.2) is 70.7 Å². The van der Waals surface area contributed by atoms with Gasteiger partial charge in [-0.1, -0.05) is 12.1 Å². The van der Waals surface area contributed by atoms with Crippen LogP contribution in [0, 0.1) is 11.8 Å². The van der Waals surface area contributed by atoms with E-state index in [1.165, 1.54) is 4.31 Å². The molecule has 1 amide bonds. The van der Waals surface area contributed by atoms with Crippen molar-refractivity contribution in [2.24, 2.45) is 11.8 Å². The maximum atomic E-state index is 13.3. The number of amides is 1. The maximum absolute atomic E-state index is 13.3. The number of likely N-dealkylation sites (tertiary alicyclic amines) is 1. The van der Waals surface area contributed by atoms with Crippen LogP contribution in [0.2, 0.25) is 0 Å². The molecular weight excluding hydrogens is 492 g/mol. The van der Waals surface area contributed by atoms with Gasteiger partial charge in [-0.25, -0.2) is 18.2 Å². The molecule has 0 spiro atoms. The molecule has 2 aromatic heterocycles. The van der Waals surface area contributed by atoms with E-state index in [2.05, 4.69) is 4.98 Å². The number of rotatable bonds is 6. The van der Waals surface area contributed by atoms with Crippen LogP contribution < -0.4 is 0 Å². The topological polar surface area (TPSA) is 101 Å². The summed E-state index contributed by atoms with van der Waals surface area (Å²) in [4.78, 5) is 31.2. The highest BCUT2D eigenvalue weighted by atomic mass is 32.2.